The first-order valence-electron chi connectivity index (χ1n) is 12.9. The van der Waals surface area contributed by atoms with E-state index in [-0.39, 0.29) is 17.4 Å². The van der Waals surface area contributed by atoms with Crippen molar-refractivity contribution in [3.63, 3.8) is 0 Å². The van der Waals surface area contributed by atoms with Crippen LogP contribution in [0.1, 0.15) is 49.9 Å². The maximum absolute atomic E-state index is 13.4. The molecule has 0 saturated carbocycles. The molecule has 37 heavy (non-hydrogen) atoms. The number of benzene rings is 2. The number of carbonyl (C=O) groups is 2. The van der Waals surface area contributed by atoms with Crippen molar-refractivity contribution in [1.82, 2.24) is 9.80 Å². The van der Waals surface area contributed by atoms with E-state index in [0.29, 0.717) is 48.8 Å². The van der Waals surface area contributed by atoms with E-state index in [4.69, 9.17) is 14.2 Å². The highest BCUT2D eigenvalue weighted by atomic mass is 16.5. The molecule has 1 amide bonds. The summed E-state index contributed by atoms with van der Waals surface area (Å²) in [4.78, 5) is 30.2. The second-order valence-electron chi connectivity index (χ2n) is 9.68. The molecule has 198 valence electrons. The Kier molecular flexibility index (Phi) is 8.07. The molecule has 0 bridgehead atoms. The molecule has 2 aromatic carbocycles. The zero-order chi connectivity index (χ0) is 26.7. The second kappa shape index (κ2) is 11.3. The highest BCUT2D eigenvalue weighted by molar-refractivity contribution is 6.46. The van der Waals surface area contributed by atoms with Crippen LogP contribution in [0.5, 0.6) is 17.2 Å². The first-order chi connectivity index (χ1) is 17.7. The van der Waals surface area contributed by atoms with Crippen LogP contribution in [0.2, 0.25) is 0 Å². The molecule has 2 atom stereocenters. The quantitative estimate of drug-likeness (QED) is 0.293. The summed E-state index contributed by atoms with van der Waals surface area (Å²) in [5, 5.41) is 11.5. The molecular weight excluding hydrogens is 472 g/mol. The van der Waals surface area contributed by atoms with Crippen molar-refractivity contribution in [2.45, 2.75) is 45.8 Å². The van der Waals surface area contributed by atoms with Crippen LogP contribution in [0.3, 0.4) is 0 Å². The van der Waals surface area contributed by atoms with Gasteiger partial charge in [0.1, 0.15) is 17.6 Å². The van der Waals surface area contributed by atoms with Gasteiger partial charge in [0, 0.05) is 18.5 Å². The molecule has 0 aliphatic carbocycles. The first-order valence-corrected chi connectivity index (χ1v) is 12.9. The number of hydrogen-bond donors (Lipinski definition) is 1. The average Bonchev–Trinajstić information content (AvgIpc) is 3.35. The molecule has 8 nitrogen and oxygen atoms in total. The van der Waals surface area contributed by atoms with E-state index < -0.39 is 17.7 Å². The maximum Gasteiger partial charge on any atom is 0.295 e. The molecule has 2 aromatic rings. The summed E-state index contributed by atoms with van der Waals surface area (Å²) in [6, 6.07) is 10.0. The molecule has 0 radical (unpaired) electrons. The third kappa shape index (κ3) is 5.44. The Morgan fingerprint density at radius 2 is 1.81 bits per heavy atom. The topological polar surface area (TPSA) is 88.5 Å². The number of likely N-dealkylation sites (tertiary alicyclic amines) is 1. The lowest BCUT2D eigenvalue weighted by Crippen LogP contribution is -2.32. The lowest BCUT2D eigenvalue weighted by Gasteiger charge is -2.26. The number of fused-ring (bicyclic) bond motifs is 1. The van der Waals surface area contributed by atoms with E-state index in [9.17, 15) is 14.7 Å². The molecule has 1 fully saturated rings. The second-order valence-corrected chi connectivity index (χ2v) is 9.68. The fourth-order valence-electron chi connectivity index (χ4n) is 4.98. The number of hydrogen-bond acceptors (Lipinski definition) is 7. The molecule has 1 N–H and O–H groups in total. The maximum atomic E-state index is 13.4. The molecule has 8 heteroatoms. The van der Waals surface area contributed by atoms with Crippen molar-refractivity contribution in [1.29, 1.82) is 0 Å². The van der Waals surface area contributed by atoms with Gasteiger partial charge in [-0.1, -0.05) is 6.07 Å². The lowest BCUT2D eigenvalue weighted by molar-refractivity contribution is -0.139. The van der Waals surface area contributed by atoms with Crippen LogP contribution in [0.25, 0.3) is 5.76 Å². The molecule has 0 unspecified atom stereocenters. The van der Waals surface area contributed by atoms with Crippen LogP contribution in [0.4, 0.5) is 0 Å². The minimum Gasteiger partial charge on any atom is -0.507 e. The lowest BCUT2D eigenvalue weighted by atomic mass is 9.94. The standard InChI is InChI=1S/C29H36N2O6/c1-6-35-23-12-9-19(17-24(23)36-7-2)26-25(28(33)29(34)31(26)14-8-13-30(4)5)27(32)20-10-11-22-21(16-20)15-18(3)37-22/h9-12,16-18,26,32H,6-8,13-15H2,1-5H3/t18-,26+/m0/s1. The van der Waals surface area contributed by atoms with E-state index in [2.05, 4.69) is 0 Å². The molecule has 0 spiro atoms. The molecule has 2 heterocycles. The van der Waals surface area contributed by atoms with E-state index in [0.717, 1.165) is 24.3 Å². The van der Waals surface area contributed by atoms with Gasteiger partial charge in [0.05, 0.1) is 24.8 Å². The summed E-state index contributed by atoms with van der Waals surface area (Å²) < 4.78 is 17.3. The Morgan fingerprint density at radius 3 is 2.51 bits per heavy atom. The molecule has 0 aromatic heterocycles. The van der Waals surface area contributed by atoms with Crippen molar-refractivity contribution >= 4 is 17.4 Å². The Bertz CT molecular complexity index is 1200. The number of nitrogens with zero attached hydrogens (tertiary/aromatic N) is 2. The first kappa shape index (κ1) is 26.5. The number of ether oxygens (including phenoxy) is 3. The van der Waals surface area contributed by atoms with Crippen molar-refractivity contribution in [2.24, 2.45) is 0 Å². The number of amides is 1. The number of Topliss-reactive ketones (excluding diaryl/α,β-unsaturated/α-hetero) is 1. The van der Waals surface area contributed by atoms with Crippen LogP contribution in [0, 0.1) is 0 Å². The monoisotopic (exact) mass is 508 g/mol. The fourth-order valence-corrected chi connectivity index (χ4v) is 4.98. The zero-order valence-corrected chi connectivity index (χ0v) is 22.2. The zero-order valence-electron chi connectivity index (χ0n) is 22.2. The van der Waals surface area contributed by atoms with Gasteiger partial charge in [0.2, 0.25) is 0 Å². The summed E-state index contributed by atoms with van der Waals surface area (Å²) in [5.74, 6) is 0.402. The van der Waals surface area contributed by atoms with Gasteiger partial charge in [-0.25, -0.2) is 0 Å². The highest BCUT2D eigenvalue weighted by Gasteiger charge is 2.46. The smallest absolute Gasteiger partial charge is 0.295 e. The van der Waals surface area contributed by atoms with Crippen molar-refractivity contribution in [3.8, 4) is 17.2 Å². The Hall–Kier alpha value is -3.52. The molecule has 2 aliphatic heterocycles. The summed E-state index contributed by atoms with van der Waals surface area (Å²) in [6.45, 7) is 7.80. The largest absolute Gasteiger partial charge is 0.507 e. The van der Waals surface area contributed by atoms with Crippen LogP contribution in [0.15, 0.2) is 42.0 Å². The van der Waals surface area contributed by atoms with Crippen LogP contribution in [-0.4, -0.2) is 73.1 Å². The van der Waals surface area contributed by atoms with Crippen molar-refractivity contribution in [2.75, 3.05) is 40.4 Å². The number of ketones is 1. The minimum absolute atomic E-state index is 0.0514. The molecule has 4 rings (SSSR count). The predicted octanol–water partition coefficient (Wildman–Crippen LogP) is 4.18. The highest BCUT2D eigenvalue weighted by Crippen LogP contribution is 2.43. The van der Waals surface area contributed by atoms with Crippen LogP contribution in [-0.2, 0) is 16.0 Å². The van der Waals surface area contributed by atoms with Crippen LogP contribution < -0.4 is 14.2 Å². The fraction of sp³-hybridized carbons (Fsp3) is 0.448. The van der Waals surface area contributed by atoms with Crippen molar-refractivity contribution in [3.05, 3.63) is 58.7 Å². The SMILES string of the molecule is CCOc1ccc([C@@H]2C(=C(O)c3ccc4c(c3)C[C@H](C)O4)C(=O)C(=O)N2CCCN(C)C)cc1OCC. The third-order valence-electron chi connectivity index (χ3n) is 6.60. The van der Waals surface area contributed by atoms with E-state index >= 15 is 0 Å². The molecular formula is C29H36N2O6. The Labute approximate surface area is 218 Å². The van der Waals surface area contributed by atoms with E-state index in [1.807, 2.05) is 51.9 Å². The van der Waals surface area contributed by atoms with Gasteiger partial charge in [-0.15, -0.1) is 0 Å². The van der Waals surface area contributed by atoms with Gasteiger partial charge >= 0.3 is 0 Å². The number of aliphatic hydroxyl groups excluding tert-OH is 1. The third-order valence-corrected chi connectivity index (χ3v) is 6.60. The van der Waals surface area contributed by atoms with Gasteiger partial charge < -0.3 is 29.1 Å². The molecule has 2 aliphatic rings. The van der Waals surface area contributed by atoms with E-state index in [1.54, 1.807) is 29.2 Å². The minimum atomic E-state index is -0.750. The predicted molar refractivity (Wildman–Crippen MR) is 141 cm³/mol. The summed E-state index contributed by atoms with van der Waals surface area (Å²) >= 11 is 0. The van der Waals surface area contributed by atoms with Crippen LogP contribution >= 0.6 is 0 Å². The summed E-state index contributed by atoms with van der Waals surface area (Å²) in [5.41, 5.74) is 2.21. The Morgan fingerprint density at radius 1 is 1.08 bits per heavy atom. The number of aliphatic hydroxyl groups is 1. The average molecular weight is 509 g/mol. The van der Waals surface area contributed by atoms with Gasteiger partial charge in [0.15, 0.2) is 11.5 Å². The van der Waals surface area contributed by atoms with Crippen molar-refractivity contribution < 1.29 is 28.9 Å². The normalized spacial score (nSPS) is 20.3. The summed E-state index contributed by atoms with van der Waals surface area (Å²) in [6.07, 6.45) is 1.45. The Balaban J connectivity index is 1.81. The number of carbonyl (C=O) groups excluding carboxylic acids is 2. The summed E-state index contributed by atoms with van der Waals surface area (Å²) in [7, 11) is 3.93. The van der Waals surface area contributed by atoms with Gasteiger partial charge in [-0.05, 0) is 89.3 Å². The van der Waals surface area contributed by atoms with E-state index in [1.165, 1.54) is 0 Å². The van der Waals surface area contributed by atoms with Gasteiger partial charge in [-0.3, -0.25) is 9.59 Å². The van der Waals surface area contributed by atoms with Gasteiger partial charge in [0.25, 0.3) is 11.7 Å². The molecule has 1 saturated heterocycles. The van der Waals surface area contributed by atoms with Gasteiger partial charge in [-0.2, -0.15) is 0 Å². The number of rotatable bonds is 10.